The van der Waals surface area contributed by atoms with Crippen molar-refractivity contribution in [3.63, 3.8) is 0 Å². The van der Waals surface area contributed by atoms with E-state index in [2.05, 4.69) is 0 Å². The van der Waals surface area contributed by atoms with Crippen molar-refractivity contribution in [3.05, 3.63) is 28.8 Å². The number of aliphatic carboxylic acids is 1. The molecule has 18 heavy (non-hydrogen) atoms. The molecule has 1 rings (SSSR count). The molecule has 0 aliphatic rings. The molecule has 0 amide bonds. The first kappa shape index (κ1) is 14.2. The van der Waals surface area contributed by atoms with Crippen LogP contribution >= 0.6 is 0 Å². The van der Waals surface area contributed by atoms with Gasteiger partial charge >= 0.3 is 0 Å². The van der Waals surface area contributed by atoms with E-state index in [1.165, 1.54) is 0 Å². The molecular formula is C14H17O4-. The minimum atomic E-state index is -1.21. The third-order valence-corrected chi connectivity index (χ3v) is 2.63. The average Bonchev–Trinajstić information content (AvgIpc) is 2.30. The number of hydrogen-bond acceptors (Lipinski definition) is 4. The fraction of sp³-hybridized carbons (Fsp3) is 0.429. The van der Waals surface area contributed by atoms with Crippen LogP contribution in [0.1, 0.15) is 41.3 Å². The number of hydrogen-bond donors (Lipinski definition) is 0. The van der Waals surface area contributed by atoms with Gasteiger partial charge in [-0.2, -0.15) is 0 Å². The van der Waals surface area contributed by atoms with E-state index in [4.69, 9.17) is 4.74 Å². The summed E-state index contributed by atoms with van der Waals surface area (Å²) in [6, 6.07) is 3.46. The molecule has 1 aromatic rings. The maximum Gasteiger partial charge on any atom is 0.163 e. The summed E-state index contributed by atoms with van der Waals surface area (Å²) < 4.78 is 5.48. The van der Waals surface area contributed by atoms with Crippen LogP contribution < -0.4 is 9.84 Å². The smallest absolute Gasteiger partial charge is 0.163 e. The fourth-order valence-electron chi connectivity index (χ4n) is 1.84. The second kappa shape index (κ2) is 6.19. The molecule has 0 radical (unpaired) electrons. The Morgan fingerprint density at radius 1 is 1.17 bits per heavy atom. The van der Waals surface area contributed by atoms with Crippen molar-refractivity contribution >= 4 is 11.8 Å². The Morgan fingerprint density at radius 3 is 2.17 bits per heavy atom. The van der Waals surface area contributed by atoms with Gasteiger partial charge in [0.2, 0.25) is 0 Å². The van der Waals surface area contributed by atoms with Crippen molar-refractivity contribution in [2.75, 3.05) is 6.61 Å². The molecular weight excluding hydrogens is 232 g/mol. The zero-order chi connectivity index (χ0) is 13.7. The van der Waals surface area contributed by atoms with Crippen LogP contribution in [-0.2, 0) is 4.79 Å². The number of aryl methyl sites for hydroxylation is 2. The van der Waals surface area contributed by atoms with Crippen LogP contribution in [0.15, 0.2) is 12.1 Å². The minimum Gasteiger partial charge on any atom is -0.550 e. The second-order valence-electron chi connectivity index (χ2n) is 4.17. The van der Waals surface area contributed by atoms with Crippen molar-refractivity contribution < 1.29 is 19.4 Å². The highest BCUT2D eigenvalue weighted by Gasteiger charge is 2.11. The van der Waals surface area contributed by atoms with E-state index in [9.17, 15) is 14.7 Å². The van der Waals surface area contributed by atoms with Gasteiger partial charge in [-0.3, -0.25) is 4.79 Å². The van der Waals surface area contributed by atoms with Crippen molar-refractivity contribution in [2.24, 2.45) is 0 Å². The van der Waals surface area contributed by atoms with Gasteiger partial charge in [-0.1, -0.05) is 0 Å². The Labute approximate surface area is 107 Å². The molecule has 0 aromatic heterocycles. The highest BCUT2D eigenvalue weighted by molar-refractivity contribution is 5.97. The van der Waals surface area contributed by atoms with Gasteiger partial charge in [-0.05, 0) is 50.5 Å². The Bertz CT molecular complexity index is 440. The van der Waals surface area contributed by atoms with Crippen LogP contribution in [-0.4, -0.2) is 18.4 Å². The molecule has 0 fully saturated rings. The van der Waals surface area contributed by atoms with Crippen LogP contribution in [0.4, 0.5) is 0 Å². The molecule has 0 heterocycles. The first-order valence-corrected chi connectivity index (χ1v) is 5.92. The number of Topliss-reactive ketones (excluding diaryl/α,β-unsaturated/α-hetero) is 1. The summed E-state index contributed by atoms with van der Waals surface area (Å²) in [5.74, 6) is -0.606. The average molecular weight is 249 g/mol. The molecule has 0 aliphatic heterocycles. The second-order valence-corrected chi connectivity index (χ2v) is 4.17. The Kier molecular flexibility index (Phi) is 4.89. The van der Waals surface area contributed by atoms with E-state index in [-0.39, 0.29) is 18.6 Å². The lowest BCUT2D eigenvalue weighted by Gasteiger charge is -2.12. The molecule has 98 valence electrons. The van der Waals surface area contributed by atoms with Gasteiger partial charge in [-0.25, -0.2) is 0 Å². The van der Waals surface area contributed by atoms with E-state index in [0.29, 0.717) is 12.2 Å². The first-order chi connectivity index (χ1) is 8.45. The van der Waals surface area contributed by atoms with E-state index < -0.39 is 5.97 Å². The third kappa shape index (κ3) is 3.58. The number of carbonyl (C=O) groups is 2. The molecule has 0 aliphatic carbocycles. The Morgan fingerprint density at radius 2 is 1.72 bits per heavy atom. The molecule has 0 unspecified atom stereocenters. The van der Waals surface area contributed by atoms with Gasteiger partial charge < -0.3 is 14.6 Å². The SMILES string of the molecule is CCOc1c(C)cc(C(=O)CCC(=O)[O-])cc1C. The van der Waals surface area contributed by atoms with Crippen molar-refractivity contribution in [1.82, 2.24) is 0 Å². The maximum atomic E-state index is 11.8. The molecule has 4 nitrogen and oxygen atoms in total. The molecule has 1 aromatic carbocycles. The zero-order valence-electron chi connectivity index (χ0n) is 10.9. The summed E-state index contributed by atoms with van der Waals surface area (Å²) in [6.45, 7) is 6.21. The summed E-state index contributed by atoms with van der Waals surface area (Å²) in [6.07, 6.45) is -0.278. The summed E-state index contributed by atoms with van der Waals surface area (Å²) in [7, 11) is 0. The molecule has 0 saturated carbocycles. The number of carboxylic acid groups (broad SMARTS) is 1. The molecule has 4 heteroatoms. The molecule has 0 spiro atoms. The quantitative estimate of drug-likeness (QED) is 0.715. The maximum absolute atomic E-state index is 11.8. The predicted octanol–water partition coefficient (Wildman–Crippen LogP) is 1.41. The van der Waals surface area contributed by atoms with E-state index in [1.54, 1.807) is 12.1 Å². The molecule has 0 saturated heterocycles. The number of ketones is 1. The van der Waals surface area contributed by atoms with Gasteiger partial charge in [0.25, 0.3) is 0 Å². The topological polar surface area (TPSA) is 66.4 Å². The van der Waals surface area contributed by atoms with E-state index in [1.807, 2.05) is 20.8 Å². The third-order valence-electron chi connectivity index (χ3n) is 2.63. The van der Waals surface area contributed by atoms with Gasteiger partial charge in [0.15, 0.2) is 5.78 Å². The largest absolute Gasteiger partial charge is 0.550 e. The number of ether oxygens (including phenoxy) is 1. The minimum absolute atomic E-state index is 0.0325. The predicted molar refractivity (Wildman–Crippen MR) is 65.7 cm³/mol. The number of rotatable bonds is 6. The van der Waals surface area contributed by atoms with E-state index >= 15 is 0 Å². The van der Waals surface area contributed by atoms with Crippen LogP contribution in [0.3, 0.4) is 0 Å². The number of carboxylic acids is 1. The van der Waals surface area contributed by atoms with Crippen LogP contribution in [0.5, 0.6) is 5.75 Å². The highest BCUT2D eigenvalue weighted by atomic mass is 16.5. The van der Waals surface area contributed by atoms with Gasteiger partial charge in [0.05, 0.1) is 6.61 Å². The molecule has 0 bridgehead atoms. The summed E-state index contributed by atoms with van der Waals surface area (Å²) >= 11 is 0. The van der Waals surface area contributed by atoms with Gasteiger partial charge in [0, 0.05) is 18.0 Å². The number of benzene rings is 1. The first-order valence-electron chi connectivity index (χ1n) is 5.92. The summed E-state index contributed by atoms with van der Waals surface area (Å²) in [5.41, 5.74) is 2.29. The lowest BCUT2D eigenvalue weighted by Crippen LogP contribution is -2.22. The standard InChI is InChI=1S/C14H18O4/c1-4-18-14-9(2)7-11(8-10(14)3)12(15)5-6-13(16)17/h7-8H,4-6H2,1-3H3,(H,16,17)/p-1. The van der Waals surface area contributed by atoms with Gasteiger partial charge in [-0.15, -0.1) is 0 Å². The summed E-state index contributed by atoms with van der Waals surface area (Å²) in [5, 5.41) is 10.3. The normalized spacial score (nSPS) is 10.2. The summed E-state index contributed by atoms with van der Waals surface area (Å²) in [4.78, 5) is 22.1. The fourth-order valence-corrected chi connectivity index (χ4v) is 1.84. The molecule has 0 atom stereocenters. The van der Waals surface area contributed by atoms with Crippen LogP contribution in [0, 0.1) is 13.8 Å². The Hall–Kier alpha value is -1.84. The zero-order valence-corrected chi connectivity index (χ0v) is 10.9. The van der Waals surface area contributed by atoms with Crippen molar-refractivity contribution in [3.8, 4) is 5.75 Å². The Balaban J connectivity index is 2.91. The highest BCUT2D eigenvalue weighted by Crippen LogP contribution is 2.25. The van der Waals surface area contributed by atoms with Crippen molar-refractivity contribution in [2.45, 2.75) is 33.6 Å². The van der Waals surface area contributed by atoms with Crippen LogP contribution in [0.25, 0.3) is 0 Å². The van der Waals surface area contributed by atoms with Crippen molar-refractivity contribution in [1.29, 1.82) is 0 Å². The van der Waals surface area contributed by atoms with Gasteiger partial charge in [0.1, 0.15) is 5.75 Å². The lowest BCUT2D eigenvalue weighted by atomic mass is 10.0. The number of carbonyl (C=O) groups excluding carboxylic acids is 2. The monoisotopic (exact) mass is 249 g/mol. The van der Waals surface area contributed by atoms with E-state index in [0.717, 1.165) is 16.9 Å². The van der Waals surface area contributed by atoms with Crippen LogP contribution in [0.2, 0.25) is 0 Å². The lowest BCUT2D eigenvalue weighted by molar-refractivity contribution is -0.305. The molecule has 0 N–H and O–H groups in total.